The normalized spacial score (nSPS) is 23.2. The van der Waals surface area contributed by atoms with Crippen molar-refractivity contribution in [1.82, 2.24) is 4.90 Å². The van der Waals surface area contributed by atoms with Crippen molar-refractivity contribution in [3.8, 4) is 0 Å². The minimum Gasteiger partial charge on any atom is -0.381 e. The number of hydrogen-bond acceptors (Lipinski definition) is 5. The highest BCUT2D eigenvalue weighted by atomic mass is 16.5. The van der Waals surface area contributed by atoms with Crippen LogP contribution in [-0.2, 0) is 19.0 Å². The van der Waals surface area contributed by atoms with E-state index in [1.165, 1.54) is 25.7 Å². The van der Waals surface area contributed by atoms with E-state index < -0.39 is 0 Å². The van der Waals surface area contributed by atoms with Gasteiger partial charge in [0, 0.05) is 32.2 Å². The van der Waals surface area contributed by atoms with Crippen LogP contribution in [0.15, 0.2) is 0 Å². The Morgan fingerprint density at radius 2 is 1.55 bits per heavy atom. The summed E-state index contributed by atoms with van der Waals surface area (Å²) in [5.74, 6) is 0.305. The smallest absolute Gasteiger partial charge is 0.133 e. The molecule has 1 saturated heterocycles. The van der Waals surface area contributed by atoms with Gasteiger partial charge in [0.1, 0.15) is 5.78 Å². The van der Waals surface area contributed by atoms with Crippen molar-refractivity contribution in [2.45, 2.75) is 124 Å². The fourth-order valence-electron chi connectivity index (χ4n) is 4.02. The fourth-order valence-corrected chi connectivity index (χ4v) is 4.02. The van der Waals surface area contributed by atoms with Crippen molar-refractivity contribution < 1.29 is 19.0 Å². The molecule has 0 radical (unpaired) electrons. The molecule has 1 aliphatic heterocycles. The van der Waals surface area contributed by atoms with Crippen molar-refractivity contribution in [3.05, 3.63) is 0 Å². The molecular weight excluding hydrogens is 390 g/mol. The number of likely N-dealkylation sites (tertiary alicyclic amines) is 1. The summed E-state index contributed by atoms with van der Waals surface area (Å²) in [6.45, 7) is 19.5. The molecule has 5 heteroatoms. The van der Waals surface area contributed by atoms with Gasteiger partial charge >= 0.3 is 0 Å². The van der Waals surface area contributed by atoms with Crippen LogP contribution in [0.1, 0.15) is 93.9 Å². The molecule has 1 heterocycles. The van der Waals surface area contributed by atoms with E-state index in [1.54, 1.807) is 14.0 Å². The van der Waals surface area contributed by atoms with Crippen LogP contribution in [0.3, 0.4) is 0 Å². The first-order chi connectivity index (χ1) is 14.5. The van der Waals surface area contributed by atoms with Crippen LogP contribution in [0.25, 0.3) is 0 Å². The molecule has 5 nitrogen and oxygen atoms in total. The van der Waals surface area contributed by atoms with Gasteiger partial charge in [0.2, 0.25) is 0 Å². The van der Waals surface area contributed by atoms with Gasteiger partial charge in [-0.15, -0.1) is 0 Å². The topological polar surface area (TPSA) is 48.0 Å². The second-order valence-corrected chi connectivity index (χ2v) is 10.6. The zero-order valence-electron chi connectivity index (χ0n) is 21.9. The number of rotatable bonds is 13. The third-order valence-corrected chi connectivity index (χ3v) is 7.07. The van der Waals surface area contributed by atoms with Gasteiger partial charge in [-0.05, 0) is 51.9 Å². The summed E-state index contributed by atoms with van der Waals surface area (Å²) < 4.78 is 17.2. The lowest BCUT2D eigenvalue weighted by Crippen LogP contribution is -2.55. The Morgan fingerprint density at radius 3 is 1.97 bits per heavy atom. The van der Waals surface area contributed by atoms with E-state index >= 15 is 0 Å². The molecule has 0 aromatic rings. The van der Waals surface area contributed by atoms with E-state index in [4.69, 9.17) is 14.2 Å². The number of Topliss-reactive ketones (excluding diaryl/α,β-unsaturated/α-hetero) is 1. The van der Waals surface area contributed by atoms with Crippen LogP contribution in [0.5, 0.6) is 0 Å². The maximum absolute atomic E-state index is 11.4. The van der Waals surface area contributed by atoms with Crippen molar-refractivity contribution in [2.24, 2.45) is 11.3 Å². The van der Waals surface area contributed by atoms with Crippen molar-refractivity contribution in [1.29, 1.82) is 0 Å². The average molecular weight is 442 g/mol. The van der Waals surface area contributed by atoms with Gasteiger partial charge in [-0.25, -0.2) is 0 Å². The maximum atomic E-state index is 11.4. The molecule has 1 unspecified atom stereocenters. The van der Waals surface area contributed by atoms with E-state index in [9.17, 15) is 4.79 Å². The molecule has 1 aliphatic carbocycles. The number of methoxy groups -OCH3 is 1. The molecule has 31 heavy (non-hydrogen) atoms. The van der Waals surface area contributed by atoms with Gasteiger partial charge in [-0.1, -0.05) is 47.5 Å². The lowest BCUT2D eigenvalue weighted by molar-refractivity contribution is -0.129. The summed E-state index contributed by atoms with van der Waals surface area (Å²) in [5, 5.41) is 0. The molecule has 0 amide bonds. The zero-order chi connectivity index (χ0) is 23.6. The fraction of sp³-hybridized carbons (Fsp3) is 0.962. The highest BCUT2D eigenvalue weighted by molar-refractivity contribution is 5.78. The molecule has 2 fully saturated rings. The minimum absolute atomic E-state index is 0.0591. The van der Waals surface area contributed by atoms with Gasteiger partial charge in [0.15, 0.2) is 0 Å². The van der Waals surface area contributed by atoms with Gasteiger partial charge in [-0.2, -0.15) is 0 Å². The Kier molecular flexibility index (Phi) is 12.8. The largest absolute Gasteiger partial charge is 0.381 e. The number of hydrogen-bond donors (Lipinski definition) is 0. The highest BCUT2D eigenvalue weighted by Gasteiger charge is 2.34. The predicted molar refractivity (Wildman–Crippen MR) is 129 cm³/mol. The summed E-state index contributed by atoms with van der Waals surface area (Å²) in [7, 11) is 1.79. The third kappa shape index (κ3) is 9.89. The summed E-state index contributed by atoms with van der Waals surface area (Å²) >= 11 is 0. The molecule has 0 aromatic carbocycles. The minimum atomic E-state index is -0.0654. The van der Waals surface area contributed by atoms with Crippen LogP contribution in [0.4, 0.5) is 0 Å². The second-order valence-electron chi connectivity index (χ2n) is 10.6. The Bertz CT molecular complexity index is 490. The van der Waals surface area contributed by atoms with E-state index in [1.807, 2.05) is 6.92 Å². The van der Waals surface area contributed by atoms with E-state index in [0.29, 0.717) is 37.1 Å². The van der Waals surface area contributed by atoms with Crippen molar-refractivity contribution in [3.63, 3.8) is 0 Å². The van der Waals surface area contributed by atoms with Crippen molar-refractivity contribution >= 4 is 5.78 Å². The van der Waals surface area contributed by atoms with Crippen LogP contribution in [0, 0.1) is 11.3 Å². The molecule has 2 rings (SSSR count). The number of ether oxygens (including phenoxy) is 3. The standard InChI is InChI=1S/C14H27NO2.C12H24O2/c1-10(2)15-7-13(8-15)17-9-14(5,6)11(3)12(4)16;1-4-6-10(7-5-2)14-12-8-11(9-12)13-3/h10-11,13H,7-9H2,1-6H3;10-12H,4-9H2,1-3H3. The summed E-state index contributed by atoms with van der Waals surface area (Å²) in [6, 6.07) is 0.610. The molecule has 1 atom stereocenters. The van der Waals surface area contributed by atoms with Crippen LogP contribution in [-0.4, -0.2) is 67.9 Å². The summed E-state index contributed by atoms with van der Waals surface area (Å²) in [4.78, 5) is 13.8. The lowest BCUT2D eigenvalue weighted by Gasteiger charge is -2.43. The summed E-state index contributed by atoms with van der Waals surface area (Å²) in [5.41, 5.74) is -0.0654. The Morgan fingerprint density at radius 1 is 1.00 bits per heavy atom. The third-order valence-electron chi connectivity index (χ3n) is 7.07. The molecule has 0 spiro atoms. The quantitative estimate of drug-likeness (QED) is 0.378. The number of carbonyl (C=O) groups is 1. The molecule has 184 valence electrons. The van der Waals surface area contributed by atoms with Crippen LogP contribution < -0.4 is 0 Å². The van der Waals surface area contributed by atoms with Gasteiger partial charge in [-0.3, -0.25) is 9.69 Å². The molecule has 1 saturated carbocycles. The van der Waals surface area contributed by atoms with Crippen LogP contribution in [0.2, 0.25) is 0 Å². The molecule has 2 aliphatic rings. The van der Waals surface area contributed by atoms with Crippen LogP contribution >= 0.6 is 0 Å². The first kappa shape index (κ1) is 28.5. The first-order valence-electron chi connectivity index (χ1n) is 12.6. The molecule has 0 N–H and O–H groups in total. The van der Waals surface area contributed by atoms with Crippen molar-refractivity contribution in [2.75, 3.05) is 26.8 Å². The lowest BCUT2D eigenvalue weighted by atomic mass is 9.78. The highest BCUT2D eigenvalue weighted by Crippen LogP contribution is 2.29. The van der Waals surface area contributed by atoms with E-state index in [-0.39, 0.29) is 17.1 Å². The number of carbonyl (C=O) groups excluding carboxylic acids is 1. The SMILES string of the molecule is CC(=O)C(C)C(C)(C)COC1CN(C(C)C)C1.CCCC(CCC)OC1CC(OC)C1. The molecule has 0 bridgehead atoms. The predicted octanol–water partition coefficient (Wildman–Crippen LogP) is 5.50. The van der Waals surface area contributed by atoms with Gasteiger partial charge in [0.25, 0.3) is 0 Å². The number of nitrogens with zero attached hydrogens (tertiary/aromatic N) is 1. The monoisotopic (exact) mass is 441 g/mol. The number of ketones is 1. The van der Waals surface area contributed by atoms with E-state index in [2.05, 4.69) is 46.4 Å². The molecular formula is C26H51NO4. The Hall–Kier alpha value is -0.490. The first-order valence-corrected chi connectivity index (χ1v) is 12.6. The molecule has 0 aromatic heterocycles. The average Bonchev–Trinajstić information content (AvgIpc) is 2.62. The zero-order valence-corrected chi connectivity index (χ0v) is 21.9. The second kappa shape index (κ2) is 13.9. The Balaban J connectivity index is 0.000000316. The Labute approximate surface area is 192 Å². The van der Waals surface area contributed by atoms with E-state index in [0.717, 1.165) is 25.9 Å². The maximum Gasteiger partial charge on any atom is 0.133 e. The van der Waals surface area contributed by atoms with Gasteiger partial charge < -0.3 is 14.2 Å². The van der Waals surface area contributed by atoms with Gasteiger partial charge in [0.05, 0.1) is 31.0 Å². The summed E-state index contributed by atoms with van der Waals surface area (Å²) in [6.07, 6.45) is 8.86.